The fourth-order valence-corrected chi connectivity index (χ4v) is 1.64. The van der Waals surface area contributed by atoms with E-state index < -0.39 is 0 Å². The van der Waals surface area contributed by atoms with Crippen molar-refractivity contribution in [2.45, 2.75) is 13.0 Å². The third-order valence-electron chi connectivity index (χ3n) is 2.71. The van der Waals surface area contributed by atoms with Gasteiger partial charge >= 0.3 is 0 Å². The second-order valence-electron chi connectivity index (χ2n) is 4.36. The van der Waals surface area contributed by atoms with Crippen LogP contribution in [0.4, 0.5) is 0 Å². The van der Waals surface area contributed by atoms with Crippen LogP contribution in [0.5, 0.6) is 0 Å². The summed E-state index contributed by atoms with van der Waals surface area (Å²) in [6, 6.07) is 9.79. The molecule has 1 amide bonds. The first kappa shape index (κ1) is 19.9. The molecule has 0 saturated carbocycles. The van der Waals surface area contributed by atoms with E-state index in [2.05, 4.69) is 5.32 Å². The van der Waals surface area contributed by atoms with Gasteiger partial charge < -0.3 is 19.5 Å². The highest BCUT2D eigenvalue weighted by molar-refractivity contribution is 7.59. The molecule has 120 valence electrons. The molecule has 0 aromatic heterocycles. The van der Waals surface area contributed by atoms with Crippen molar-refractivity contribution in [1.29, 1.82) is 0 Å². The van der Waals surface area contributed by atoms with Crippen molar-refractivity contribution in [2.24, 2.45) is 0 Å². The van der Waals surface area contributed by atoms with E-state index in [0.717, 1.165) is 5.56 Å². The molecule has 0 aliphatic carbocycles. The third-order valence-corrected chi connectivity index (χ3v) is 2.71. The van der Waals surface area contributed by atoms with Crippen molar-refractivity contribution in [2.75, 3.05) is 40.1 Å². The molecule has 1 rings (SSSR count). The highest BCUT2D eigenvalue weighted by atomic mass is 32.1. The maximum Gasteiger partial charge on any atom is 0.246 e. The third kappa shape index (κ3) is 9.47. The minimum atomic E-state index is -0.127. The number of benzene rings is 1. The van der Waals surface area contributed by atoms with Gasteiger partial charge in [0.1, 0.15) is 6.61 Å². The van der Waals surface area contributed by atoms with Gasteiger partial charge in [0.25, 0.3) is 0 Å². The molecule has 0 aliphatic heterocycles. The first-order valence-electron chi connectivity index (χ1n) is 6.72. The van der Waals surface area contributed by atoms with Crippen LogP contribution in [0.15, 0.2) is 30.3 Å². The van der Waals surface area contributed by atoms with Crippen LogP contribution in [-0.4, -0.2) is 46.1 Å². The summed E-state index contributed by atoms with van der Waals surface area (Å²) in [6.45, 7) is 3.96. The smallest absolute Gasteiger partial charge is 0.246 e. The zero-order valence-corrected chi connectivity index (χ0v) is 13.6. The molecule has 1 aromatic carbocycles. The number of amides is 1. The van der Waals surface area contributed by atoms with Crippen molar-refractivity contribution in [3.05, 3.63) is 35.9 Å². The van der Waals surface area contributed by atoms with Crippen molar-refractivity contribution in [3.63, 3.8) is 0 Å². The summed E-state index contributed by atoms with van der Waals surface area (Å²) in [5, 5.41) is 2.88. The first-order chi connectivity index (χ1) is 9.74. The Morgan fingerprint density at radius 1 is 1.10 bits per heavy atom. The van der Waals surface area contributed by atoms with Gasteiger partial charge in [-0.25, -0.2) is 0 Å². The van der Waals surface area contributed by atoms with E-state index in [1.807, 2.05) is 37.3 Å². The Labute approximate surface area is 133 Å². The predicted octanol–water partition coefficient (Wildman–Crippen LogP) is 1.66. The van der Waals surface area contributed by atoms with Crippen LogP contribution in [-0.2, 0) is 19.0 Å². The molecule has 0 aliphatic rings. The monoisotopic (exact) mass is 315 g/mol. The Morgan fingerprint density at radius 3 is 2.38 bits per heavy atom. The van der Waals surface area contributed by atoms with Gasteiger partial charge in [-0.3, -0.25) is 4.79 Å². The molecule has 0 spiro atoms. The summed E-state index contributed by atoms with van der Waals surface area (Å²) in [5.41, 5.74) is 1.07. The van der Waals surface area contributed by atoms with Gasteiger partial charge in [-0.2, -0.15) is 13.5 Å². The maximum absolute atomic E-state index is 11.7. The number of ether oxygens (including phenoxy) is 3. The first-order valence-corrected chi connectivity index (χ1v) is 6.72. The molecule has 0 unspecified atom stereocenters. The van der Waals surface area contributed by atoms with Crippen LogP contribution in [0.3, 0.4) is 0 Å². The fourth-order valence-electron chi connectivity index (χ4n) is 1.64. The Kier molecular flexibility index (Phi) is 12.0. The lowest BCUT2D eigenvalue weighted by molar-refractivity contribution is -0.126. The molecular formula is C15H25NO4S. The largest absolute Gasteiger partial charge is 0.382 e. The van der Waals surface area contributed by atoms with Crippen LogP contribution in [0, 0.1) is 0 Å². The summed E-state index contributed by atoms with van der Waals surface area (Å²) < 4.78 is 15.3. The molecule has 0 saturated heterocycles. The van der Waals surface area contributed by atoms with Crippen LogP contribution in [0.2, 0.25) is 0 Å². The molecule has 0 fully saturated rings. The average molecular weight is 315 g/mol. The molecule has 21 heavy (non-hydrogen) atoms. The van der Waals surface area contributed by atoms with Crippen molar-refractivity contribution < 1.29 is 19.0 Å². The molecule has 0 radical (unpaired) electrons. The summed E-state index contributed by atoms with van der Waals surface area (Å²) in [5.74, 6) is -0.127. The number of nitrogens with one attached hydrogen (secondary N) is 1. The van der Waals surface area contributed by atoms with Gasteiger partial charge in [-0.15, -0.1) is 0 Å². The molecular weight excluding hydrogens is 290 g/mol. The fraction of sp³-hybridized carbons (Fsp3) is 0.533. The van der Waals surface area contributed by atoms with E-state index >= 15 is 0 Å². The highest BCUT2D eigenvalue weighted by Crippen LogP contribution is 2.10. The zero-order valence-electron chi connectivity index (χ0n) is 12.6. The van der Waals surface area contributed by atoms with Crippen LogP contribution in [0.1, 0.15) is 18.5 Å². The Morgan fingerprint density at radius 2 is 1.71 bits per heavy atom. The summed E-state index contributed by atoms with van der Waals surface area (Å²) >= 11 is 0. The van der Waals surface area contributed by atoms with E-state index in [4.69, 9.17) is 14.2 Å². The predicted molar refractivity (Wildman–Crippen MR) is 86.9 cm³/mol. The lowest BCUT2D eigenvalue weighted by Gasteiger charge is -2.14. The van der Waals surface area contributed by atoms with Gasteiger partial charge in [0, 0.05) is 7.11 Å². The molecule has 0 heterocycles. The van der Waals surface area contributed by atoms with Crippen LogP contribution in [0.25, 0.3) is 0 Å². The van der Waals surface area contributed by atoms with E-state index in [1.54, 1.807) is 7.11 Å². The Balaban J connectivity index is 0.00000400. The summed E-state index contributed by atoms with van der Waals surface area (Å²) in [6.07, 6.45) is 0. The van der Waals surface area contributed by atoms with Gasteiger partial charge in [0.05, 0.1) is 32.5 Å². The molecule has 1 N–H and O–H groups in total. The minimum absolute atomic E-state index is 0. The van der Waals surface area contributed by atoms with Gasteiger partial charge in [-0.05, 0) is 12.5 Å². The van der Waals surface area contributed by atoms with Crippen molar-refractivity contribution in [3.8, 4) is 0 Å². The molecule has 1 atom stereocenters. The SMILES string of the molecule is COCCOCCOCC(=O)N[C@@H](C)c1ccccc1.S. The standard InChI is InChI=1S/C15H23NO4.H2S/c1-13(14-6-4-3-5-7-14)16-15(17)12-20-11-10-19-9-8-18-2;/h3-7,13H,8-12H2,1-2H3,(H,16,17);1H2/t13-;/m0./s1. The minimum Gasteiger partial charge on any atom is -0.382 e. The van der Waals surface area contributed by atoms with Crippen LogP contribution < -0.4 is 5.32 Å². The number of carbonyl (C=O) groups is 1. The Hall–Kier alpha value is -1.08. The van der Waals surface area contributed by atoms with E-state index in [0.29, 0.717) is 26.4 Å². The highest BCUT2D eigenvalue weighted by Gasteiger charge is 2.08. The average Bonchev–Trinajstić information content (AvgIpc) is 2.47. The van der Waals surface area contributed by atoms with E-state index in [9.17, 15) is 4.79 Å². The lowest BCUT2D eigenvalue weighted by atomic mass is 10.1. The maximum atomic E-state index is 11.7. The number of rotatable bonds is 10. The Bertz CT molecular complexity index is 375. The van der Waals surface area contributed by atoms with Crippen molar-refractivity contribution >= 4 is 19.4 Å². The summed E-state index contributed by atoms with van der Waals surface area (Å²) in [4.78, 5) is 11.7. The van der Waals surface area contributed by atoms with E-state index in [-0.39, 0.29) is 32.1 Å². The number of hydrogen-bond acceptors (Lipinski definition) is 4. The normalized spacial score (nSPS) is 11.5. The zero-order chi connectivity index (χ0) is 14.6. The van der Waals surface area contributed by atoms with Crippen molar-refractivity contribution in [1.82, 2.24) is 5.32 Å². The lowest BCUT2D eigenvalue weighted by Crippen LogP contribution is -2.30. The van der Waals surface area contributed by atoms with Crippen LogP contribution >= 0.6 is 13.5 Å². The molecule has 5 nitrogen and oxygen atoms in total. The quantitative estimate of drug-likeness (QED) is 0.667. The van der Waals surface area contributed by atoms with E-state index in [1.165, 1.54) is 0 Å². The number of hydrogen-bond donors (Lipinski definition) is 1. The molecule has 0 bridgehead atoms. The summed E-state index contributed by atoms with van der Waals surface area (Å²) in [7, 11) is 1.62. The number of carbonyl (C=O) groups excluding carboxylic acids is 1. The topological polar surface area (TPSA) is 56.8 Å². The van der Waals surface area contributed by atoms with Gasteiger partial charge in [-0.1, -0.05) is 30.3 Å². The second-order valence-corrected chi connectivity index (χ2v) is 4.36. The molecule has 6 heteroatoms. The second kappa shape index (κ2) is 12.6. The van der Waals surface area contributed by atoms with Gasteiger partial charge in [0.15, 0.2) is 0 Å². The number of methoxy groups -OCH3 is 1. The molecule has 1 aromatic rings. The van der Waals surface area contributed by atoms with Gasteiger partial charge in [0.2, 0.25) is 5.91 Å².